The third-order valence-electron chi connectivity index (χ3n) is 6.09. The average Bonchev–Trinajstić information content (AvgIpc) is 2.85. The molecule has 1 radical (unpaired) electrons. The molecule has 2 amide bonds. The van der Waals surface area contributed by atoms with Gasteiger partial charge in [0.1, 0.15) is 0 Å². The number of carbonyl (C=O) groups is 2. The van der Waals surface area contributed by atoms with E-state index in [1.165, 1.54) is 30.4 Å². The summed E-state index contributed by atoms with van der Waals surface area (Å²) in [7, 11) is 1.58. The fourth-order valence-electron chi connectivity index (χ4n) is 4.29. The van der Waals surface area contributed by atoms with E-state index in [2.05, 4.69) is 11.4 Å². The number of hydrogen-bond donors (Lipinski definition) is 1. The number of halogens is 3. The summed E-state index contributed by atoms with van der Waals surface area (Å²) in [4.78, 5) is 36.1. The quantitative estimate of drug-likeness (QED) is 0.538. The SMILES string of the molecule is CNC(=O)C1CCN(C(=O)/C=C/c2cc[c]c(C(F)(F)F)c2-c2ccc3c(c2)CCOO3)CC1. The van der Waals surface area contributed by atoms with Crippen molar-refractivity contribution in [2.75, 3.05) is 26.7 Å². The Morgan fingerprint density at radius 3 is 2.68 bits per heavy atom. The zero-order valence-corrected chi connectivity index (χ0v) is 18.6. The van der Waals surface area contributed by atoms with Crippen molar-refractivity contribution in [1.29, 1.82) is 0 Å². The molecule has 0 saturated carbocycles. The van der Waals surface area contributed by atoms with Gasteiger partial charge in [0, 0.05) is 49.7 Å². The molecule has 0 aliphatic carbocycles. The van der Waals surface area contributed by atoms with Crippen LogP contribution in [0.1, 0.15) is 29.5 Å². The monoisotopic (exact) mass is 473 g/mol. The van der Waals surface area contributed by atoms with E-state index in [0.29, 0.717) is 50.3 Å². The van der Waals surface area contributed by atoms with Crippen LogP contribution in [0.5, 0.6) is 5.75 Å². The van der Waals surface area contributed by atoms with E-state index < -0.39 is 11.7 Å². The van der Waals surface area contributed by atoms with E-state index in [0.717, 1.165) is 5.56 Å². The first kappa shape index (κ1) is 23.8. The first-order valence-corrected chi connectivity index (χ1v) is 11.0. The lowest BCUT2D eigenvalue weighted by Gasteiger charge is -2.30. The Bertz CT molecular complexity index is 1110. The van der Waals surface area contributed by atoms with Gasteiger partial charge in [0.05, 0.1) is 12.2 Å². The molecule has 1 saturated heterocycles. The number of rotatable bonds is 4. The van der Waals surface area contributed by atoms with Crippen molar-refractivity contribution in [2.45, 2.75) is 25.4 Å². The van der Waals surface area contributed by atoms with Gasteiger partial charge in [0.2, 0.25) is 11.8 Å². The number of fused-ring (bicyclic) bond motifs is 1. The van der Waals surface area contributed by atoms with E-state index >= 15 is 0 Å². The lowest BCUT2D eigenvalue weighted by atomic mass is 9.91. The lowest BCUT2D eigenvalue weighted by Crippen LogP contribution is -2.41. The molecular weight excluding hydrogens is 449 g/mol. The first-order valence-electron chi connectivity index (χ1n) is 11.0. The summed E-state index contributed by atoms with van der Waals surface area (Å²) < 4.78 is 41.6. The van der Waals surface area contributed by atoms with Crippen molar-refractivity contribution in [2.24, 2.45) is 5.92 Å². The minimum Gasteiger partial charge on any atom is -0.359 e. The van der Waals surface area contributed by atoms with Crippen LogP contribution in [0.3, 0.4) is 0 Å². The van der Waals surface area contributed by atoms with Gasteiger partial charge in [0.15, 0.2) is 5.75 Å². The summed E-state index contributed by atoms with van der Waals surface area (Å²) in [5.74, 6) is -0.0221. The van der Waals surface area contributed by atoms with Gasteiger partial charge >= 0.3 is 6.18 Å². The van der Waals surface area contributed by atoms with Crippen LogP contribution in [0.2, 0.25) is 0 Å². The molecule has 2 heterocycles. The predicted octanol–water partition coefficient (Wildman–Crippen LogP) is 4.04. The number of likely N-dealkylation sites (tertiary alicyclic amines) is 1. The Kier molecular flexibility index (Phi) is 6.92. The number of nitrogens with zero attached hydrogens (tertiary/aromatic N) is 1. The van der Waals surface area contributed by atoms with Crippen LogP contribution in [0.15, 0.2) is 36.4 Å². The molecule has 0 unspecified atom stereocenters. The van der Waals surface area contributed by atoms with Crippen LogP contribution in [-0.2, 0) is 27.1 Å². The first-order chi connectivity index (χ1) is 16.3. The normalized spacial score (nSPS) is 16.8. The Morgan fingerprint density at radius 1 is 1.21 bits per heavy atom. The van der Waals surface area contributed by atoms with E-state index in [-0.39, 0.29) is 28.9 Å². The number of nitrogens with one attached hydrogen (secondary N) is 1. The van der Waals surface area contributed by atoms with Crippen molar-refractivity contribution in [3.8, 4) is 16.9 Å². The molecule has 6 nitrogen and oxygen atoms in total. The summed E-state index contributed by atoms with van der Waals surface area (Å²) >= 11 is 0. The molecule has 34 heavy (non-hydrogen) atoms. The standard InChI is InChI=1S/C25H24F3N2O4/c1-29-24(32)17-9-12-30(13-10-17)22(31)8-6-16-3-2-4-20(25(26,27)28)23(16)19-5-7-21-18(15-19)11-14-33-34-21/h2-3,5-8,15,17H,9-14H2,1H3,(H,29,32)/b8-6+. The fourth-order valence-corrected chi connectivity index (χ4v) is 4.29. The molecule has 4 rings (SSSR count). The Labute approximate surface area is 195 Å². The van der Waals surface area contributed by atoms with Crippen LogP contribution >= 0.6 is 0 Å². The van der Waals surface area contributed by atoms with Gasteiger partial charge in [-0.05, 0) is 48.2 Å². The van der Waals surface area contributed by atoms with Gasteiger partial charge in [-0.3, -0.25) is 9.59 Å². The molecule has 9 heteroatoms. The largest absolute Gasteiger partial charge is 0.417 e. The number of hydrogen-bond acceptors (Lipinski definition) is 4. The number of carbonyl (C=O) groups excluding carboxylic acids is 2. The Hall–Kier alpha value is -3.33. The number of benzene rings is 2. The van der Waals surface area contributed by atoms with Gasteiger partial charge < -0.3 is 15.1 Å². The second kappa shape index (κ2) is 9.89. The van der Waals surface area contributed by atoms with E-state index in [4.69, 9.17) is 9.78 Å². The maximum Gasteiger partial charge on any atom is 0.417 e. The van der Waals surface area contributed by atoms with Crippen molar-refractivity contribution < 1.29 is 32.5 Å². The highest BCUT2D eigenvalue weighted by Gasteiger charge is 2.35. The van der Waals surface area contributed by atoms with Crippen molar-refractivity contribution in [3.63, 3.8) is 0 Å². The minimum absolute atomic E-state index is 0.0467. The maximum atomic E-state index is 13.9. The zero-order valence-electron chi connectivity index (χ0n) is 18.6. The highest BCUT2D eigenvalue weighted by molar-refractivity contribution is 5.94. The molecule has 2 aliphatic rings. The molecule has 1 N–H and O–H groups in total. The highest BCUT2D eigenvalue weighted by Crippen LogP contribution is 2.40. The van der Waals surface area contributed by atoms with Gasteiger partial charge in [-0.2, -0.15) is 18.1 Å². The minimum atomic E-state index is -4.62. The third-order valence-corrected chi connectivity index (χ3v) is 6.09. The smallest absolute Gasteiger partial charge is 0.359 e. The summed E-state index contributed by atoms with van der Waals surface area (Å²) in [5, 5.41) is 2.62. The summed E-state index contributed by atoms with van der Waals surface area (Å²) in [6, 6.07) is 9.80. The molecule has 2 aromatic carbocycles. The lowest BCUT2D eigenvalue weighted by molar-refractivity contribution is -0.215. The fraction of sp³-hybridized carbons (Fsp3) is 0.360. The molecule has 179 valence electrons. The van der Waals surface area contributed by atoms with Gasteiger partial charge in [-0.15, -0.1) is 0 Å². The van der Waals surface area contributed by atoms with Crippen molar-refractivity contribution >= 4 is 17.9 Å². The third kappa shape index (κ3) is 5.09. The molecule has 2 aromatic rings. The van der Waals surface area contributed by atoms with E-state index in [1.54, 1.807) is 24.1 Å². The highest BCUT2D eigenvalue weighted by atomic mass is 19.4. The Morgan fingerprint density at radius 2 is 1.97 bits per heavy atom. The number of piperidine rings is 1. The average molecular weight is 473 g/mol. The predicted molar refractivity (Wildman–Crippen MR) is 118 cm³/mol. The van der Waals surface area contributed by atoms with Crippen LogP contribution in [-0.4, -0.2) is 43.5 Å². The molecule has 0 bridgehead atoms. The topological polar surface area (TPSA) is 67.9 Å². The summed E-state index contributed by atoms with van der Waals surface area (Å²) in [6.45, 7) is 1.14. The van der Waals surface area contributed by atoms with Crippen LogP contribution in [0.4, 0.5) is 13.2 Å². The summed E-state index contributed by atoms with van der Waals surface area (Å²) in [6.07, 6.45) is -0.329. The van der Waals surface area contributed by atoms with Gasteiger partial charge in [-0.25, -0.2) is 0 Å². The molecule has 2 aliphatic heterocycles. The second-order valence-electron chi connectivity index (χ2n) is 8.21. The maximum absolute atomic E-state index is 13.9. The van der Waals surface area contributed by atoms with Crippen molar-refractivity contribution in [3.05, 3.63) is 59.2 Å². The second-order valence-corrected chi connectivity index (χ2v) is 8.21. The van der Waals surface area contributed by atoms with Gasteiger partial charge in [-0.1, -0.05) is 18.2 Å². The molecule has 0 spiro atoms. The molecule has 1 fully saturated rings. The number of amides is 2. The number of alkyl halides is 3. The molecular formula is C25H24F3N2O4. The molecule has 0 aromatic heterocycles. The van der Waals surface area contributed by atoms with E-state index in [1.807, 2.05) is 0 Å². The molecule has 0 atom stereocenters. The Balaban J connectivity index is 1.62. The van der Waals surface area contributed by atoms with Crippen LogP contribution in [0.25, 0.3) is 17.2 Å². The van der Waals surface area contributed by atoms with E-state index in [9.17, 15) is 22.8 Å². The van der Waals surface area contributed by atoms with Crippen LogP contribution < -0.4 is 10.2 Å². The zero-order chi connectivity index (χ0) is 24.3. The van der Waals surface area contributed by atoms with Crippen molar-refractivity contribution in [1.82, 2.24) is 10.2 Å². The summed E-state index contributed by atoms with van der Waals surface area (Å²) in [5.41, 5.74) is 0.401. The van der Waals surface area contributed by atoms with Crippen LogP contribution in [0, 0.1) is 12.0 Å². The van der Waals surface area contributed by atoms with Gasteiger partial charge in [0.25, 0.3) is 0 Å².